The highest BCUT2D eigenvalue weighted by Gasteiger charge is 2.26. The molecule has 1 aromatic heterocycles. The summed E-state index contributed by atoms with van der Waals surface area (Å²) >= 11 is 0. The van der Waals surface area contributed by atoms with Crippen molar-refractivity contribution in [1.29, 1.82) is 0 Å². The van der Waals surface area contributed by atoms with Crippen LogP contribution in [0.2, 0.25) is 0 Å². The molecule has 0 saturated carbocycles. The molecule has 0 aliphatic carbocycles. The Kier molecular flexibility index (Phi) is 19.7. The molecular formula is C29H58N4. The number of unbranched alkanes of at least 4 members (excludes halogenated alkanes) is 20. The van der Waals surface area contributed by atoms with Gasteiger partial charge in [-0.15, -0.1) is 0 Å². The van der Waals surface area contributed by atoms with Crippen molar-refractivity contribution >= 4 is 0 Å². The van der Waals surface area contributed by atoms with Crippen LogP contribution >= 0.6 is 0 Å². The van der Waals surface area contributed by atoms with Gasteiger partial charge in [0.25, 0.3) is 0 Å². The molecule has 0 radical (unpaired) electrons. The summed E-state index contributed by atoms with van der Waals surface area (Å²) in [4.78, 5) is 4.17. The molecule has 0 atom stereocenters. The van der Waals surface area contributed by atoms with Gasteiger partial charge in [0.15, 0.2) is 0 Å². The second-order valence-electron chi connectivity index (χ2n) is 10.5. The molecule has 33 heavy (non-hydrogen) atoms. The lowest BCUT2D eigenvalue weighted by molar-refractivity contribution is 0.208. The number of aromatic nitrogens is 3. The van der Waals surface area contributed by atoms with Crippen molar-refractivity contribution < 1.29 is 0 Å². The standard InChI is InChI=1S/C29H58N4/c1-3-5-7-9-11-13-15-17-19-21-23-25-29(30,33-28-31-27-32-33)26-24-22-20-18-16-14-12-10-8-6-4-2/h27-28H,3-26,30H2,1-2H3. The van der Waals surface area contributed by atoms with Crippen LogP contribution in [-0.2, 0) is 5.66 Å². The molecule has 0 aliphatic heterocycles. The molecule has 2 N–H and O–H groups in total. The summed E-state index contributed by atoms with van der Waals surface area (Å²) in [6.45, 7) is 4.58. The molecule has 0 saturated heterocycles. The zero-order valence-corrected chi connectivity index (χ0v) is 22.5. The van der Waals surface area contributed by atoms with Crippen molar-refractivity contribution in [2.75, 3.05) is 0 Å². The fraction of sp³-hybridized carbons (Fsp3) is 0.931. The van der Waals surface area contributed by atoms with Crippen molar-refractivity contribution in [3.63, 3.8) is 0 Å². The van der Waals surface area contributed by atoms with Crippen molar-refractivity contribution in [3.8, 4) is 0 Å². The Morgan fingerprint density at radius 3 is 1.18 bits per heavy atom. The van der Waals surface area contributed by atoms with Crippen LogP contribution in [-0.4, -0.2) is 14.8 Å². The minimum Gasteiger partial charge on any atom is -0.307 e. The molecule has 0 amide bonds. The Balaban J connectivity index is 2.10. The number of rotatable bonds is 25. The molecule has 4 heteroatoms. The summed E-state index contributed by atoms with van der Waals surface area (Å²) in [5.41, 5.74) is 6.51. The van der Waals surface area contributed by atoms with E-state index in [4.69, 9.17) is 5.73 Å². The van der Waals surface area contributed by atoms with Crippen LogP contribution in [0.3, 0.4) is 0 Å². The highest BCUT2D eigenvalue weighted by molar-refractivity contribution is 4.80. The van der Waals surface area contributed by atoms with Crippen molar-refractivity contribution in [1.82, 2.24) is 14.8 Å². The first-order valence-electron chi connectivity index (χ1n) is 14.9. The smallest absolute Gasteiger partial charge is 0.137 e. The van der Waals surface area contributed by atoms with Gasteiger partial charge < -0.3 is 5.73 Å². The van der Waals surface area contributed by atoms with Crippen LogP contribution in [0.25, 0.3) is 0 Å². The molecule has 0 aromatic carbocycles. The molecule has 1 heterocycles. The van der Waals surface area contributed by atoms with Gasteiger partial charge in [-0.1, -0.05) is 142 Å². The molecule has 194 valence electrons. The zero-order chi connectivity index (χ0) is 23.9. The third-order valence-electron chi connectivity index (χ3n) is 7.30. The Bertz CT molecular complexity index is 474. The van der Waals surface area contributed by atoms with Gasteiger partial charge in [0.2, 0.25) is 0 Å². The average molecular weight is 463 g/mol. The van der Waals surface area contributed by atoms with Crippen molar-refractivity contribution in [2.45, 2.75) is 174 Å². The van der Waals surface area contributed by atoms with E-state index in [-0.39, 0.29) is 5.66 Å². The first-order chi connectivity index (χ1) is 16.2. The predicted molar refractivity (Wildman–Crippen MR) is 144 cm³/mol. The van der Waals surface area contributed by atoms with E-state index in [1.54, 1.807) is 6.33 Å². The van der Waals surface area contributed by atoms with Gasteiger partial charge in [-0.25, -0.2) is 9.67 Å². The summed E-state index contributed by atoms with van der Waals surface area (Å²) in [5, 5.41) is 4.41. The Labute approximate surface area is 206 Å². The van der Waals surface area contributed by atoms with Gasteiger partial charge in [-0.05, 0) is 25.7 Å². The maximum absolute atomic E-state index is 6.86. The topological polar surface area (TPSA) is 56.7 Å². The highest BCUT2D eigenvalue weighted by Crippen LogP contribution is 2.25. The summed E-state index contributed by atoms with van der Waals surface area (Å²) in [6.07, 6.45) is 35.7. The normalized spacial score (nSPS) is 12.0. The van der Waals surface area contributed by atoms with Gasteiger partial charge in [0.05, 0.1) is 0 Å². The maximum atomic E-state index is 6.86. The number of hydrogen-bond acceptors (Lipinski definition) is 3. The van der Waals surface area contributed by atoms with E-state index in [0.717, 1.165) is 12.8 Å². The zero-order valence-electron chi connectivity index (χ0n) is 22.5. The summed E-state index contributed by atoms with van der Waals surface area (Å²) in [5.74, 6) is 0. The third-order valence-corrected chi connectivity index (χ3v) is 7.30. The average Bonchev–Trinajstić information content (AvgIpc) is 3.37. The van der Waals surface area contributed by atoms with E-state index in [1.807, 2.05) is 11.0 Å². The maximum Gasteiger partial charge on any atom is 0.137 e. The van der Waals surface area contributed by atoms with Gasteiger partial charge in [0, 0.05) is 0 Å². The van der Waals surface area contributed by atoms with E-state index >= 15 is 0 Å². The lowest BCUT2D eigenvalue weighted by Gasteiger charge is -2.30. The molecule has 1 aromatic rings. The molecule has 0 bridgehead atoms. The monoisotopic (exact) mass is 462 g/mol. The third kappa shape index (κ3) is 16.4. The van der Waals surface area contributed by atoms with Crippen molar-refractivity contribution in [2.24, 2.45) is 5.73 Å². The van der Waals surface area contributed by atoms with Crippen LogP contribution in [0.1, 0.15) is 168 Å². The van der Waals surface area contributed by atoms with Gasteiger partial charge in [-0.3, -0.25) is 0 Å². The Morgan fingerprint density at radius 1 is 0.545 bits per heavy atom. The first-order valence-corrected chi connectivity index (χ1v) is 14.9. The minimum atomic E-state index is -0.352. The summed E-state index contributed by atoms with van der Waals surface area (Å²) in [7, 11) is 0. The highest BCUT2D eigenvalue weighted by atomic mass is 15.4. The number of nitrogens with two attached hydrogens (primary N) is 1. The van der Waals surface area contributed by atoms with Gasteiger partial charge >= 0.3 is 0 Å². The van der Waals surface area contributed by atoms with Crippen molar-refractivity contribution in [3.05, 3.63) is 12.7 Å². The largest absolute Gasteiger partial charge is 0.307 e. The van der Waals surface area contributed by atoms with Crippen LogP contribution < -0.4 is 5.73 Å². The van der Waals surface area contributed by atoms with Crippen LogP contribution in [0, 0.1) is 0 Å². The van der Waals surface area contributed by atoms with Crippen LogP contribution in [0.4, 0.5) is 0 Å². The van der Waals surface area contributed by atoms with Crippen LogP contribution in [0.5, 0.6) is 0 Å². The quantitative estimate of drug-likeness (QED) is 0.147. The molecule has 0 fully saturated rings. The van der Waals surface area contributed by atoms with E-state index in [1.165, 1.54) is 141 Å². The van der Waals surface area contributed by atoms with E-state index < -0.39 is 0 Å². The number of hydrogen-bond donors (Lipinski definition) is 1. The fourth-order valence-electron chi connectivity index (χ4n) is 4.98. The minimum absolute atomic E-state index is 0.352. The molecule has 0 spiro atoms. The summed E-state index contributed by atoms with van der Waals surface area (Å²) < 4.78 is 1.93. The summed E-state index contributed by atoms with van der Waals surface area (Å²) in [6, 6.07) is 0. The Morgan fingerprint density at radius 2 is 0.879 bits per heavy atom. The first kappa shape index (κ1) is 30.1. The fourth-order valence-corrected chi connectivity index (χ4v) is 4.98. The molecule has 0 unspecified atom stereocenters. The lowest BCUT2D eigenvalue weighted by atomic mass is 9.94. The molecule has 0 aliphatic rings. The molecule has 1 rings (SSSR count). The van der Waals surface area contributed by atoms with Crippen LogP contribution in [0.15, 0.2) is 12.7 Å². The Hall–Kier alpha value is -0.900. The van der Waals surface area contributed by atoms with Gasteiger partial charge in [0.1, 0.15) is 18.3 Å². The lowest BCUT2D eigenvalue weighted by Crippen LogP contribution is -2.43. The van der Waals surface area contributed by atoms with E-state index in [0.29, 0.717) is 0 Å². The van der Waals surface area contributed by atoms with E-state index in [2.05, 4.69) is 23.9 Å². The molecular weight excluding hydrogens is 404 g/mol. The predicted octanol–water partition coefficient (Wildman–Crippen LogP) is 9.29. The number of nitrogens with zero attached hydrogens (tertiary/aromatic N) is 3. The SMILES string of the molecule is CCCCCCCCCCCCCC(N)(CCCCCCCCCCCCC)n1cncn1. The second kappa shape index (κ2) is 21.6. The van der Waals surface area contributed by atoms with Gasteiger partial charge in [-0.2, -0.15) is 5.10 Å². The van der Waals surface area contributed by atoms with E-state index in [9.17, 15) is 0 Å². The second-order valence-corrected chi connectivity index (χ2v) is 10.5. The molecule has 4 nitrogen and oxygen atoms in total.